The van der Waals surface area contributed by atoms with Crippen LogP contribution in [0.2, 0.25) is 0 Å². The van der Waals surface area contributed by atoms with E-state index in [0.717, 1.165) is 0 Å². The monoisotopic (exact) mass is 1440 g/mol. The van der Waals surface area contributed by atoms with E-state index in [9.17, 15) is 0 Å². The van der Waals surface area contributed by atoms with E-state index < -0.39 is 0 Å². The van der Waals surface area contributed by atoms with Gasteiger partial charge in [0.05, 0.1) is 44.1 Å². The van der Waals surface area contributed by atoms with Crippen molar-refractivity contribution in [3.8, 4) is 44.5 Å². The van der Waals surface area contributed by atoms with Crippen LogP contribution >= 0.6 is 0 Å². The van der Waals surface area contributed by atoms with Crippen LogP contribution < -0.4 is 0 Å². The lowest BCUT2D eigenvalue weighted by Crippen LogP contribution is -1.92. The fraction of sp³-hybridized carbons (Fsp3) is 0.0769. The average molecular weight is 1440 g/mol. The van der Waals surface area contributed by atoms with Crippen molar-refractivity contribution in [2.24, 2.45) is 56.4 Å². The van der Waals surface area contributed by atoms with E-state index in [4.69, 9.17) is 0 Å². The van der Waals surface area contributed by atoms with Gasteiger partial charge in [0.25, 0.3) is 0 Å². The van der Waals surface area contributed by atoms with E-state index in [1.807, 2.05) is 0 Å². The Morgan fingerprint density at radius 1 is 0.134 bits per heavy atom. The number of fused-ring (bicyclic) bond motifs is 28. The summed E-state index contributed by atoms with van der Waals surface area (Å²) in [6.07, 6.45) is 0. The Kier molecular flexibility index (Phi) is 15.2. The molecule has 0 radical (unpaired) electrons. The molecule has 0 bridgehead atoms. The lowest BCUT2D eigenvalue weighted by molar-refractivity contribution is 1.01. The van der Waals surface area contributed by atoms with Crippen LogP contribution in [0.4, 0.5) is 0 Å². The summed E-state index contributed by atoms with van der Waals surface area (Å²) in [6, 6.07) is 122. The number of hydrogen-bond donors (Lipinski definition) is 0. The van der Waals surface area contributed by atoms with Gasteiger partial charge < -0.3 is 36.5 Å². The molecular weight excluding hydrogens is 1360 g/mol. The third kappa shape index (κ3) is 9.74. The SMILES string of the molecule is Cn1c2ccccc2c2c3c4ccccc4n(C)c3c(-c3ccccc3)cc21.Cn1c2ccccc2c2c3c4ccccc4n(C)c3c(-c3ccccc3)cc21.Cn1c2ccccc2c2c3c4ccccc4n(C)c3c(-c3ccccc3)cc21.Cn1c2ccccc2c2c3c4ccccc4n(C)c3c(-c3ccccc3)cc21. The second-order valence-electron chi connectivity index (χ2n) is 30.2. The van der Waals surface area contributed by atoms with Gasteiger partial charge in [-0.1, -0.05) is 267 Å². The molecule has 8 aromatic heterocycles. The van der Waals surface area contributed by atoms with Gasteiger partial charge in [0, 0.05) is 209 Å². The van der Waals surface area contributed by atoms with E-state index in [2.05, 4.69) is 433 Å². The Labute approximate surface area is 647 Å². The van der Waals surface area contributed by atoms with Gasteiger partial charge in [0.1, 0.15) is 0 Å². The van der Waals surface area contributed by atoms with Crippen LogP contribution in [-0.2, 0) is 56.4 Å². The summed E-state index contributed by atoms with van der Waals surface area (Å²) in [5.41, 5.74) is 30.7. The molecule has 0 spiro atoms. The first-order chi connectivity index (χ1) is 55.0. The number of aryl methyl sites for hydroxylation is 8. The molecule has 16 aromatic carbocycles. The van der Waals surface area contributed by atoms with Crippen LogP contribution in [0, 0.1) is 0 Å². The Morgan fingerprint density at radius 2 is 0.277 bits per heavy atom. The molecule has 0 aliphatic carbocycles. The molecule has 24 rings (SSSR count). The fourth-order valence-electron chi connectivity index (χ4n) is 19.4. The maximum absolute atomic E-state index is 2.37. The lowest BCUT2D eigenvalue weighted by atomic mass is 9.98. The molecule has 0 aliphatic rings. The smallest absolute Gasteiger partial charge is 0.0576 e. The van der Waals surface area contributed by atoms with Crippen LogP contribution in [0.5, 0.6) is 0 Å². The minimum atomic E-state index is 1.26. The van der Waals surface area contributed by atoms with E-state index in [-0.39, 0.29) is 0 Å². The molecule has 0 saturated heterocycles. The summed E-state index contributed by atoms with van der Waals surface area (Å²) in [4.78, 5) is 0. The van der Waals surface area contributed by atoms with Gasteiger partial charge in [-0.05, 0) is 95.1 Å². The van der Waals surface area contributed by atoms with Crippen molar-refractivity contribution in [1.82, 2.24) is 36.5 Å². The van der Waals surface area contributed by atoms with Crippen molar-refractivity contribution < 1.29 is 0 Å². The molecule has 112 heavy (non-hydrogen) atoms. The van der Waals surface area contributed by atoms with Crippen molar-refractivity contribution >= 4 is 174 Å². The van der Waals surface area contributed by atoms with Gasteiger partial charge in [-0.15, -0.1) is 0 Å². The quantitative estimate of drug-likeness (QED) is 0.168. The molecule has 0 N–H and O–H groups in total. The maximum atomic E-state index is 2.37. The van der Waals surface area contributed by atoms with Crippen LogP contribution in [0.25, 0.3) is 219 Å². The van der Waals surface area contributed by atoms with Crippen LogP contribution in [-0.4, -0.2) is 36.5 Å². The molecular formula is C104H80N8. The summed E-state index contributed by atoms with van der Waals surface area (Å²) in [7, 11) is 17.5. The highest BCUT2D eigenvalue weighted by Crippen LogP contribution is 2.49. The van der Waals surface area contributed by atoms with E-state index >= 15 is 0 Å². The molecule has 8 nitrogen and oxygen atoms in total. The normalized spacial score (nSPS) is 11.9. The zero-order valence-corrected chi connectivity index (χ0v) is 63.9. The minimum Gasteiger partial charge on any atom is -0.344 e. The zero-order chi connectivity index (χ0) is 75.3. The second kappa shape index (κ2) is 25.8. The van der Waals surface area contributed by atoms with E-state index in [0.29, 0.717) is 0 Å². The molecule has 0 atom stereocenters. The van der Waals surface area contributed by atoms with Crippen molar-refractivity contribution in [2.45, 2.75) is 0 Å². The molecule has 0 aliphatic heterocycles. The number of nitrogens with zero attached hydrogens (tertiary/aromatic N) is 8. The van der Waals surface area contributed by atoms with Crippen molar-refractivity contribution in [2.75, 3.05) is 0 Å². The van der Waals surface area contributed by atoms with E-state index in [1.54, 1.807) is 0 Å². The molecule has 24 aromatic rings. The van der Waals surface area contributed by atoms with Gasteiger partial charge in [0.2, 0.25) is 0 Å². The van der Waals surface area contributed by atoms with Crippen LogP contribution in [0.15, 0.2) is 340 Å². The Balaban J connectivity index is 0.0000000943. The highest BCUT2D eigenvalue weighted by atomic mass is 15.0. The van der Waals surface area contributed by atoms with Gasteiger partial charge in [-0.3, -0.25) is 0 Å². The van der Waals surface area contributed by atoms with Crippen molar-refractivity contribution in [3.05, 3.63) is 340 Å². The molecule has 536 valence electrons. The first kappa shape index (κ1) is 66.1. The van der Waals surface area contributed by atoms with Crippen molar-refractivity contribution in [3.63, 3.8) is 0 Å². The molecule has 0 unspecified atom stereocenters. The predicted molar refractivity (Wildman–Crippen MR) is 479 cm³/mol. The highest BCUT2D eigenvalue weighted by Gasteiger charge is 2.26. The zero-order valence-electron chi connectivity index (χ0n) is 63.9. The third-order valence-corrected chi connectivity index (χ3v) is 24.5. The molecule has 0 amide bonds. The summed E-state index contributed by atoms with van der Waals surface area (Å²) in [5, 5.41) is 21.4. The molecule has 8 heterocycles. The summed E-state index contributed by atoms with van der Waals surface area (Å²) < 4.78 is 18.7. The van der Waals surface area contributed by atoms with Crippen LogP contribution in [0.3, 0.4) is 0 Å². The summed E-state index contributed by atoms with van der Waals surface area (Å²) in [5.74, 6) is 0. The third-order valence-electron chi connectivity index (χ3n) is 24.5. The van der Waals surface area contributed by atoms with Gasteiger partial charge in [0.15, 0.2) is 0 Å². The number of para-hydroxylation sites is 8. The Hall–Kier alpha value is -14.1. The minimum absolute atomic E-state index is 1.26. The Morgan fingerprint density at radius 3 is 0.455 bits per heavy atom. The fourth-order valence-corrected chi connectivity index (χ4v) is 19.4. The predicted octanol–water partition coefficient (Wildman–Crippen LogP) is 26.6. The standard InChI is InChI=1S/4C26H20N2/c4*1-27-21-14-8-6-12-18(21)24-23(27)16-20(17-10-4-3-5-11-17)26-25(24)19-13-7-9-15-22(19)28(26)2/h4*3-16H,1-2H3. The highest BCUT2D eigenvalue weighted by molar-refractivity contribution is 6.35. The first-order valence-electron chi connectivity index (χ1n) is 38.7. The van der Waals surface area contributed by atoms with Crippen LogP contribution in [0.1, 0.15) is 0 Å². The first-order valence-corrected chi connectivity index (χ1v) is 38.7. The van der Waals surface area contributed by atoms with Crippen molar-refractivity contribution in [1.29, 1.82) is 0 Å². The summed E-state index contributed by atoms with van der Waals surface area (Å²) >= 11 is 0. The van der Waals surface area contributed by atoms with Gasteiger partial charge in [-0.25, -0.2) is 0 Å². The topological polar surface area (TPSA) is 39.4 Å². The van der Waals surface area contributed by atoms with Gasteiger partial charge in [-0.2, -0.15) is 0 Å². The average Bonchev–Trinajstić information content (AvgIpc) is 1.57. The lowest BCUT2D eigenvalue weighted by Gasteiger charge is -2.09. The van der Waals surface area contributed by atoms with E-state index in [1.165, 1.54) is 219 Å². The van der Waals surface area contributed by atoms with Gasteiger partial charge >= 0.3 is 0 Å². The number of aromatic nitrogens is 8. The Bertz CT molecular complexity index is 7000. The maximum Gasteiger partial charge on any atom is 0.0576 e. The largest absolute Gasteiger partial charge is 0.344 e. The second-order valence-corrected chi connectivity index (χ2v) is 30.2. The number of benzene rings is 16. The molecule has 0 fully saturated rings. The molecule has 0 saturated carbocycles. The molecule has 8 heteroatoms. The number of hydrogen-bond acceptors (Lipinski definition) is 0. The number of rotatable bonds is 4. The summed E-state index contributed by atoms with van der Waals surface area (Å²) in [6.45, 7) is 0.